The van der Waals surface area contributed by atoms with Crippen molar-refractivity contribution in [2.24, 2.45) is 16.9 Å². The van der Waals surface area contributed by atoms with Crippen LogP contribution in [0.25, 0.3) is 0 Å². The fraction of sp³-hybridized carbons (Fsp3) is 0.900. The van der Waals surface area contributed by atoms with E-state index in [2.05, 4.69) is 0 Å². The van der Waals surface area contributed by atoms with E-state index in [0.29, 0.717) is 5.71 Å². The number of nitrogens with one attached hydrogen (secondary N) is 1. The summed E-state index contributed by atoms with van der Waals surface area (Å²) < 4.78 is 0. The third-order valence-electron chi connectivity index (χ3n) is 3.11. The fourth-order valence-corrected chi connectivity index (χ4v) is 2.32. The van der Waals surface area contributed by atoms with Crippen molar-refractivity contribution < 1.29 is 0 Å². The molecule has 1 aliphatic rings. The Morgan fingerprint density at radius 3 is 2.00 bits per heavy atom. The SMILES string of the molecule is CC(=N)C1(CC(C)(C)N)CC1(C)N. The van der Waals surface area contributed by atoms with Crippen molar-refractivity contribution >= 4 is 5.71 Å². The highest BCUT2D eigenvalue weighted by molar-refractivity contribution is 5.90. The summed E-state index contributed by atoms with van der Waals surface area (Å²) in [6, 6.07) is 0. The van der Waals surface area contributed by atoms with Crippen LogP contribution in [-0.2, 0) is 0 Å². The molecule has 1 aliphatic carbocycles. The van der Waals surface area contributed by atoms with E-state index in [1.807, 2.05) is 27.7 Å². The third kappa shape index (κ3) is 1.76. The van der Waals surface area contributed by atoms with Crippen molar-refractivity contribution in [3.8, 4) is 0 Å². The van der Waals surface area contributed by atoms with E-state index in [-0.39, 0.29) is 16.5 Å². The lowest BCUT2D eigenvalue weighted by atomic mass is 9.83. The van der Waals surface area contributed by atoms with Crippen molar-refractivity contribution in [2.45, 2.75) is 51.6 Å². The molecule has 13 heavy (non-hydrogen) atoms. The highest BCUT2D eigenvalue weighted by Crippen LogP contribution is 2.58. The molecular weight excluding hydrogens is 162 g/mol. The van der Waals surface area contributed by atoms with E-state index < -0.39 is 0 Å². The highest BCUT2D eigenvalue weighted by atomic mass is 14.9. The second-order valence-electron chi connectivity index (χ2n) is 5.47. The summed E-state index contributed by atoms with van der Waals surface area (Å²) in [6.07, 6.45) is 1.71. The van der Waals surface area contributed by atoms with E-state index in [0.717, 1.165) is 12.8 Å². The van der Waals surface area contributed by atoms with Gasteiger partial charge in [-0.1, -0.05) is 0 Å². The fourth-order valence-electron chi connectivity index (χ4n) is 2.32. The van der Waals surface area contributed by atoms with Gasteiger partial charge in [-0.25, -0.2) is 0 Å². The Morgan fingerprint density at radius 2 is 1.92 bits per heavy atom. The molecule has 0 bridgehead atoms. The quantitative estimate of drug-likeness (QED) is 0.576. The number of hydrogen-bond acceptors (Lipinski definition) is 3. The van der Waals surface area contributed by atoms with E-state index in [1.165, 1.54) is 0 Å². The predicted molar refractivity (Wildman–Crippen MR) is 55.9 cm³/mol. The Balaban J connectivity index is 2.81. The molecule has 2 unspecified atom stereocenters. The summed E-state index contributed by atoms with van der Waals surface area (Å²) in [4.78, 5) is 0. The van der Waals surface area contributed by atoms with Gasteiger partial charge in [-0.3, -0.25) is 0 Å². The molecule has 1 saturated carbocycles. The zero-order chi connectivity index (χ0) is 10.5. The van der Waals surface area contributed by atoms with Gasteiger partial charge < -0.3 is 16.9 Å². The average Bonchev–Trinajstić information content (AvgIpc) is 2.30. The molecule has 0 heterocycles. The van der Waals surface area contributed by atoms with E-state index in [1.54, 1.807) is 0 Å². The Bertz CT molecular complexity index is 237. The standard InChI is InChI=1S/C10H21N3/c1-7(11)10(5-8(2,3)12)6-9(10,4)13/h11H,5-6,12-13H2,1-4H3. The normalized spacial score (nSPS) is 38.9. The van der Waals surface area contributed by atoms with Crippen molar-refractivity contribution in [1.82, 2.24) is 0 Å². The molecule has 3 nitrogen and oxygen atoms in total. The molecule has 5 N–H and O–H groups in total. The molecule has 0 aromatic carbocycles. The minimum atomic E-state index is -0.237. The first-order chi connectivity index (χ1) is 5.61. The summed E-state index contributed by atoms with van der Waals surface area (Å²) in [5.74, 6) is 0. The van der Waals surface area contributed by atoms with Gasteiger partial charge in [0.2, 0.25) is 0 Å². The molecule has 1 fully saturated rings. The summed E-state index contributed by atoms with van der Waals surface area (Å²) in [5, 5.41) is 7.76. The molecule has 0 aromatic rings. The molecule has 0 radical (unpaired) electrons. The van der Waals surface area contributed by atoms with Gasteiger partial charge in [0, 0.05) is 22.2 Å². The highest BCUT2D eigenvalue weighted by Gasteiger charge is 2.64. The Morgan fingerprint density at radius 1 is 1.54 bits per heavy atom. The minimum absolute atomic E-state index is 0.134. The zero-order valence-corrected chi connectivity index (χ0v) is 9.07. The average molecular weight is 183 g/mol. The van der Waals surface area contributed by atoms with Crippen molar-refractivity contribution in [3.63, 3.8) is 0 Å². The molecular formula is C10H21N3. The van der Waals surface area contributed by atoms with Gasteiger partial charge in [0.15, 0.2) is 0 Å². The van der Waals surface area contributed by atoms with Crippen molar-refractivity contribution in [1.29, 1.82) is 5.41 Å². The van der Waals surface area contributed by atoms with Gasteiger partial charge in [-0.15, -0.1) is 0 Å². The first-order valence-electron chi connectivity index (χ1n) is 4.74. The molecule has 0 aromatic heterocycles. The summed E-state index contributed by atoms with van der Waals surface area (Å²) in [6.45, 7) is 7.83. The topological polar surface area (TPSA) is 75.9 Å². The van der Waals surface area contributed by atoms with Gasteiger partial charge in [-0.2, -0.15) is 0 Å². The van der Waals surface area contributed by atoms with E-state index in [4.69, 9.17) is 16.9 Å². The van der Waals surface area contributed by atoms with Crippen LogP contribution < -0.4 is 11.5 Å². The van der Waals surface area contributed by atoms with Gasteiger partial charge in [0.05, 0.1) is 0 Å². The Labute approximate surface area is 80.4 Å². The lowest BCUT2D eigenvalue weighted by Gasteiger charge is -2.28. The summed E-state index contributed by atoms with van der Waals surface area (Å²) >= 11 is 0. The molecule has 0 spiro atoms. The maximum Gasteiger partial charge on any atom is 0.0289 e. The monoisotopic (exact) mass is 183 g/mol. The van der Waals surface area contributed by atoms with Crippen LogP contribution in [0.3, 0.4) is 0 Å². The maximum atomic E-state index is 7.76. The molecule has 0 aliphatic heterocycles. The summed E-state index contributed by atoms with van der Waals surface area (Å²) in [5.41, 5.74) is 12.1. The molecule has 2 atom stereocenters. The lowest BCUT2D eigenvalue weighted by Crippen LogP contribution is -2.42. The van der Waals surface area contributed by atoms with Crippen LogP contribution >= 0.6 is 0 Å². The maximum absolute atomic E-state index is 7.76. The number of hydrogen-bond donors (Lipinski definition) is 3. The number of rotatable bonds is 3. The molecule has 1 rings (SSSR count). The van der Waals surface area contributed by atoms with Crippen LogP contribution in [0, 0.1) is 10.8 Å². The summed E-state index contributed by atoms with van der Waals surface area (Å²) in [7, 11) is 0. The van der Waals surface area contributed by atoms with Gasteiger partial charge in [0.25, 0.3) is 0 Å². The zero-order valence-electron chi connectivity index (χ0n) is 9.07. The minimum Gasteiger partial charge on any atom is -0.326 e. The largest absolute Gasteiger partial charge is 0.326 e. The number of nitrogens with two attached hydrogens (primary N) is 2. The van der Waals surface area contributed by atoms with Crippen molar-refractivity contribution in [3.05, 3.63) is 0 Å². The Hall–Kier alpha value is -0.410. The van der Waals surface area contributed by atoms with E-state index in [9.17, 15) is 0 Å². The van der Waals surface area contributed by atoms with E-state index >= 15 is 0 Å². The lowest BCUT2D eigenvalue weighted by molar-refractivity contribution is 0.378. The van der Waals surface area contributed by atoms with Crippen molar-refractivity contribution in [2.75, 3.05) is 0 Å². The first kappa shape index (κ1) is 10.7. The first-order valence-corrected chi connectivity index (χ1v) is 4.74. The second-order valence-corrected chi connectivity index (χ2v) is 5.47. The van der Waals surface area contributed by atoms with Crippen LogP contribution in [0.4, 0.5) is 0 Å². The van der Waals surface area contributed by atoms with Crippen LogP contribution in [0.5, 0.6) is 0 Å². The predicted octanol–water partition coefficient (Wildman–Crippen LogP) is 1.26. The molecule has 0 amide bonds. The molecule has 76 valence electrons. The second kappa shape index (κ2) is 2.55. The van der Waals surface area contributed by atoms with Crippen LogP contribution in [-0.4, -0.2) is 16.8 Å². The van der Waals surface area contributed by atoms with Crippen LogP contribution in [0.15, 0.2) is 0 Å². The van der Waals surface area contributed by atoms with Gasteiger partial charge >= 0.3 is 0 Å². The van der Waals surface area contributed by atoms with Gasteiger partial charge in [0.1, 0.15) is 0 Å². The van der Waals surface area contributed by atoms with Crippen LogP contribution in [0.2, 0.25) is 0 Å². The van der Waals surface area contributed by atoms with Gasteiger partial charge in [-0.05, 0) is 40.5 Å². The molecule has 3 heteroatoms. The smallest absolute Gasteiger partial charge is 0.0289 e. The third-order valence-corrected chi connectivity index (χ3v) is 3.11. The van der Waals surface area contributed by atoms with Crippen LogP contribution in [0.1, 0.15) is 40.5 Å². The molecule has 0 saturated heterocycles. The Kier molecular flexibility index (Phi) is 2.09.